The summed E-state index contributed by atoms with van der Waals surface area (Å²) in [6.07, 6.45) is 7.89. The van der Waals surface area contributed by atoms with Gasteiger partial charge in [-0.05, 0) is 101 Å². The molecule has 1 aromatic heterocycles. The number of rotatable bonds is 3. The fourth-order valence-electron chi connectivity index (χ4n) is 11.3. The van der Waals surface area contributed by atoms with Gasteiger partial charge < -0.3 is 29.0 Å². The molecule has 238 valence electrons. The van der Waals surface area contributed by atoms with Gasteiger partial charge in [0.05, 0.1) is 11.7 Å². The van der Waals surface area contributed by atoms with Gasteiger partial charge in [0, 0.05) is 33.3 Å². The molecule has 4 aliphatic carbocycles. The fourth-order valence-corrected chi connectivity index (χ4v) is 11.3. The second-order valence-electron chi connectivity index (χ2n) is 17.6. The third kappa shape index (κ3) is 3.25. The van der Waals surface area contributed by atoms with Crippen LogP contribution in [0.5, 0.6) is 0 Å². The molecule has 7 aliphatic rings. The summed E-state index contributed by atoms with van der Waals surface area (Å²) in [6.45, 7) is 18.0. The number of fused-ring (bicyclic) bond motifs is 9. The van der Waals surface area contributed by atoms with Gasteiger partial charge in [0.15, 0.2) is 11.9 Å². The van der Waals surface area contributed by atoms with E-state index in [2.05, 4.69) is 84.6 Å². The number of allylic oxidation sites excluding steroid dienone is 2. The van der Waals surface area contributed by atoms with Crippen LogP contribution in [0.3, 0.4) is 0 Å². The molecule has 9 rings (SSSR count). The molecule has 6 nitrogen and oxygen atoms in total. The van der Waals surface area contributed by atoms with Gasteiger partial charge in [0.25, 0.3) is 0 Å². The molecule has 11 atom stereocenters. The van der Waals surface area contributed by atoms with Crippen LogP contribution < -0.4 is 0 Å². The van der Waals surface area contributed by atoms with Crippen molar-refractivity contribution in [3.05, 3.63) is 46.7 Å². The van der Waals surface area contributed by atoms with Crippen molar-refractivity contribution in [2.45, 2.75) is 153 Å². The summed E-state index contributed by atoms with van der Waals surface area (Å²) in [7, 11) is 0. The van der Waals surface area contributed by atoms with Crippen LogP contribution in [0, 0.1) is 22.7 Å². The molecule has 3 saturated heterocycles. The van der Waals surface area contributed by atoms with Crippen LogP contribution in [0.1, 0.15) is 104 Å². The highest BCUT2D eigenvalue weighted by atomic mass is 16.8. The van der Waals surface area contributed by atoms with Gasteiger partial charge in [-0.2, -0.15) is 0 Å². The first-order valence-electron chi connectivity index (χ1n) is 17.3. The average Bonchev–Trinajstić information content (AvgIpc) is 3.79. The molecular weight excluding hydrogens is 550 g/mol. The fraction of sp³-hybridized carbons (Fsp3) is 0.737. The van der Waals surface area contributed by atoms with Crippen molar-refractivity contribution in [3.63, 3.8) is 0 Å². The molecule has 4 heterocycles. The van der Waals surface area contributed by atoms with E-state index in [9.17, 15) is 5.11 Å². The van der Waals surface area contributed by atoms with Crippen molar-refractivity contribution in [3.8, 4) is 0 Å². The molecule has 44 heavy (non-hydrogen) atoms. The lowest BCUT2D eigenvalue weighted by atomic mass is 9.40. The van der Waals surface area contributed by atoms with Crippen LogP contribution in [0.25, 0.3) is 10.9 Å². The summed E-state index contributed by atoms with van der Waals surface area (Å²) in [6, 6.07) is 6.97. The smallest absolute Gasteiger partial charge is 0.162 e. The highest BCUT2D eigenvalue weighted by molar-refractivity contribution is 5.87. The Balaban J connectivity index is 1.09. The maximum Gasteiger partial charge on any atom is 0.162 e. The van der Waals surface area contributed by atoms with Crippen molar-refractivity contribution in [1.82, 2.24) is 4.98 Å². The normalized spacial score (nSPS) is 48.7. The molecule has 0 amide bonds. The maximum absolute atomic E-state index is 13.3. The topological polar surface area (TPSA) is 76.2 Å². The number of aliphatic hydroxyl groups is 1. The van der Waals surface area contributed by atoms with Gasteiger partial charge in [-0.3, -0.25) is 0 Å². The molecule has 2 N–H and O–H groups in total. The Morgan fingerprint density at radius 1 is 1.00 bits per heavy atom. The Morgan fingerprint density at radius 3 is 2.50 bits per heavy atom. The van der Waals surface area contributed by atoms with E-state index in [1.807, 2.05) is 0 Å². The second kappa shape index (κ2) is 8.41. The average molecular weight is 602 g/mol. The number of aromatic nitrogens is 1. The van der Waals surface area contributed by atoms with Crippen molar-refractivity contribution in [2.75, 3.05) is 0 Å². The highest BCUT2D eigenvalue weighted by Gasteiger charge is 2.87. The van der Waals surface area contributed by atoms with Crippen molar-refractivity contribution >= 4 is 10.9 Å². The van der Waals surface area contributed by atoms with E-state index >= 15 is 0 Å². The van der Waals surface area contributed by atoms with E-state index in [0.717, 1.165) is 44.9 Å². The van der Waals surface area contributed by atoms with Crippen LogP contribution >= 0.6 is 0 Å². The summed E-state index contributed by atoms with van der Waals surface area (Å²) < 4.78 is 27.3. The van der Waals surface area contributed by atoms with Crippen LogP contribution in [-0.2, 0) is 37.2 Å². The molecule has 3 saturated carbocycles. The molecule has 1 spiro atoms. The molecular formula is C38H51NO5. The zero-order valence-electron chi connectivity index (χ0n) is 27.9. The number of aromatic amines is 1. The third-order valence-electron chi connectivity index (χ3n) is 14.4. The standard InChI is InChI=1S/C38H51NO5/c1-20(2)9-10-21-11-12-23-24-18-22-13-16-37(40)35(7,36(22,8)29(24)39-26(23)17-21)15-14-27-38(37)31(43-38)28-30(41-27)34(5,6)44-32(42-28)25-19-33(25,3)4/h9,11-12,17,22,25,27-28,30-32,39-40H,10,13-16,18-19H2,1-8H3/t22-,25?,27-,28+,30-,31+,32-,35+,36+,37-,38-/m0/s1. The minimum Gasteiger partial charge on any atom is -0.386 e. The Morgan fingerprint density at radius 2 is 1.77 bits per heavy atom. The Kier molecular flexibility index (Phi) is 5.45. The van der Waals surface area contributed by atoms with Gasteiger partial charge in [0.2, 0.25) is 0 Å². The summed E-state index contributed by atoms with van der Waals surface area (Å²) in [5.41, 5.74) is 4.15. The summed E-state index contributed by atoms with van der Waals surface area (Å²) in [5.74, 6) is 0.872. The first kappa shape index (κ1) is 28.5. The SMILES string of the molecule is CC(C)=CCc1ccc2c3c([nH]c2c1)[C@@]1(C)[C@@H](CC[C@@]2(O)[C@@]45O[C@@H]4[C@@H]4O[C@H](C6CC6(C)C)OC(C)(C)[C@H]4O[C@H]5CC[C@@]21C)C3. The van der Waals surface area contributed by atoms with E-state index in [1.165, 1.54) is 33.3 Å². The molecule has 0 radical (unpaired) electrons. The Bertz CT molecular complexity index is 1600. The van der Waals surface area contributed by atoms with Crippen molar-refractivity contribution in [1.29, 1.82) is 0 Å². The quantitative estimate of drug-likeness (QED) is 0.296. The van der Waals surface area contributed by atoms with Gasteiger partial charge in [-0.25, -0.2) is 0 Å². The number of H-pyrrole nitrogens is 1. The van der Waals surface area contributed by atoms with E-state index < -0.39 is 16.8 Å². The molecule has 6 heteroatoms. The first-order valence-corrected chi connectivity index (χ1v) is 17.3. The van der Waals surface area contributed by atoms with Gasteiger partial charge in [-0.15, -0.1) is 0 Å². The zero-order chi connectivity index (χ0) is 30.8. The molecule has 1 unspecified atom stereocenters. The van der Waals surface area contributed by atoms with E-state index in [4.69, 9.17) is 18.9 Å². The van der Waals surface area contributed by atoms with Crippen molar-refractivity contribution in [2.24, 2.45) is 22.7 Å². The molecule has 2 aromatic rings. The Labute approximate surface area is 262 Å². The highest BCUT2D eigenvalue weighted by Crippen LogP contribution is 2.75. The van der Waals surface area contributed by atoms with E-state index in [-0.39, 0.29) is 47.0 Å². The lowest BCUT2D eigenvalue weighted by Gasteiger charge is -2.66. The molecule has 0 bridgehead atoms. The number of nitrogens with one attached hydrogen (secondary N) is 1. The maximum atomic E-state index is 13.3. The van der Waals surface area contributed by atoms with E-state index in [0.29, 0.717) is 11.8 Å². The van der Waals surface area contributed by atoms with E-state index in [1.54, 1.807) is 0 Å². The molecule has 6 fully saturated rings. The predicted molar refractivity (Wildman–Crippen MR) is 169 cm³/mol. The number of hydrogen-bond acceptors (Lipinski definition) is 5. The largest absolute Gasteiger partial charge is 0.386 e. The molecule has 1 aromatic carbocycles. The first-order chi connectivity index (χ1) is 20.7. The van der Waals surface area contributed by atoms with Crippen LogP contribution in [0.2, 0.25) is 0 Å². The van der Waals surface area contributed by atoms with Crippen LogP contribution in [-0.4, -0.2) is 57.6 Å². The second-order valence-corrected chi connectivity index (χ2v) is 17.6. The predicted octanol–water partition coefficient (Wildman–Crippen LogP) is 6.90. The number of ether oxygens (including phenoxy) is 4. The lowest BCUT2D eigenvalue weighted by molar-refractivity contribution is -0.359. The monoisotopic (exact) mass is 601 g/mol. The number of hydrogen-bond donors (Lipinski definition) is 2. The summed E-state index contributed by atoms with van der Waals surface area (Å²) in [5, 5.41) is 14.7. The van der Waals surface area contributed by atoms with Gasteiger partial charge >= 0.3 is 0 Å². The molecule has 3 aliphatic heterocycles. The van der Waals surface area contributed by atoms with Gasteiger partial charge in [-0.1, -0.05) is 51.5 Å². The lowest BCUT2D eigenvalue weighted by Crippen LogP contribution is -2.77. The van der Waals surface area contributed by atoms with Crippen LogP contribution in [0.15, 0.2) is 29.8 Å². The summed E-state index contributed by atoms with van der Waals surface area (Å²) >= 11 is 0. The summed E-state index contributed by atoms with van der Waals surface area (Å²) in [4.78, 5) is 3.96. The van der Waals surface area contributed by atoms with Gasteiger partial charge in [0.1, 0.15) is 23.9 Å². The minimum absolute atomic E-state index is 0.159. The Hall–Kier alpha value is -1.70. The minimum atomic E-state index is -1.02. The number of benzene rings is 1. The van der Waals surface area contributed by atoms with Crippen molar-refractivity contribution < 1.29 is 24.1 Å². The van der Waals surface area contributed by atoms with Crippen LogP contribution in [0.4, 0.5) is 0 Å². The zero-order valence-corrected chi connectivity index (χ0v) is 27.9. The third-order valence-corrected chi connectivity index (χ3v) is 14.4. The number of epoxide rings is 1.